The van der Waals surface area contributed by atoms with E-state index in [4.69, 9.17) is 23.7 Å². The molecule has 0 aromatic rings. The second-order valence-electron chi connectivity index (χ2n) is 7.48. The van der Waals surface area contributed by atoms with Crippen molar-refractivity contribution in [3.05, 3.63) is 0 Å². The molecule has 0 rings (SSSR count). The Hall–Kier alpha value is -1.10. The van der Waals surface area contributed by atoms with Crippen molar-refractivity contribution in [1.29, 1.82) is 0 Å². The molecule has 0 aromatic heterocycles. The largest absolute Gasteiger partial charge is 0.380 e. The van der Waals surface area contributed by atoms with Crippen molar-refractivity contribution in [2.24, 2.45) is 0 Å². The minimum absolute atomic E-state index is 0.00788. The molecule has 0 unspecified atom stereocenters. The first kappa shape index (κ1) is 30.9. The molecule has 9 heteroatoms. The van der Waals surface area contributed by atoms with Crippen LogP contribution in [-0.2, 0) is 33.3 Å². The molecule has 0 saturated carbocycles. The summed E-state index contributed by atoms with van der Waals surface area (Å²) >= 11 is 0. The number of Topliss-reactive ketones (excluding diaryl/α,β-unsaturated/α-hetero) is 1. The SMILES string of the molecule is CCOCCOCCOCCOCCN(CCCCNC(C)=O)CCOCCCC(C)=O. The second-order valence-corrected chi connectivity index (χ2v) is 7.48. The quantitative estimate of drug-likeness (QED) is 0.205. The first-order valence-electron chi connectivity index (χ1n) is 11.9. The molecule has 190 valence electrons. The van der Waals surface area contributed by atoms with Gasteiger partial charge in [0.25, 0.3) is 0 Å². The predicted octanol–water partition coefficient (Wildman–Crippen LogP) is 1.68. The van der Waals surface area contributed by atoms with Crippen molar-refractivity contribution in [2.45, 2.75) is 46.5 Å². The zero-order valence-electron chi connectivity index (χ0n) is 20.5. The summed E-state index contributed by atoms with van der Waals surface area (Å²) in [6, 6.07) is 0. The van der Waals surface area contributed by atoms with E-state index in [1.807, 2.05) is 6.92 Å². The fourth-order valence-electron chi connectivity index (χ4n) is 2.78. The van der Waals surface area contributed by atoms with Crippen LogP contribution in [0.4, 0.5) is 0 Å². The van der Waals surface area contributed by atoms with E-state index in [0.717, 1.165) is 38.9 Å². The molecule has 1 N–H and O–H groups in total. The number of hydrogen-bond donors (Lipinski definition) is 1. The van der Waals surface area contributed by atoms with Crippen LogP contribution in [0.2, 0.25) is 0 Å². The highest BCUT2D eigenvalue weighted by Crippen LogP contribution is 1.98. The molecule has 0 spiro atoms. The summed E-state index contributed by atoms with van der Waals surface area (Å²) in [6.45, 7) is 14.4. The van der Waals surface area contributed by atoms with E-state index < -0.39 is 0 Å². The molecule has 9 nitrogen and oxygen atoms in total. The molecule has 0 heterocycles. The molecule has 0 aliphatic rings. The maximum atomic E-state index is 11.0. The Balaban J connectivity index is 3.80. The maximum absolute atomic E-state index is 11.0. The number of carbonyl (C=O) groups excluding carboxylic acids is 2. The number of rotatable bonds is 25. The third kappa shape index (κ3) is 25.2. The van der Waals surface area contributed by atoms with Gasteiger partial charge < -0.3 is 33.8 Å². The van der Waals surface area contributed by atoms with Gasteiger partial charge in [0.05, 0.1) is 52.9 Å². The summed E-state index contributed by atoms with van der Waals surface area (Å²) < 4.78 is 27.4. The predicted molar refractivity (Wildman–Crippen MR) is 124 cm³/mol. The van der Waals surface area contributed by atoms with E-state index >= 15 is 0 Å². The molecular formula is C23H46N2O7. The second kappa shape index (κ2) is 24.5. The first-order valence-corrected chi connectivity index (χ1v) is 11.9. The number of hydrogen-bond acceptors (Lipinski definition) is 8. The molecule has 0 aromatic carbocycles. The monoisotopic (exact) mass is 462 g/mol. The highest BCUT2D eigenvalue weighted by molar-refractivity contribution is 5.75. The van der Waals surface area contributed by atoms with Crippen molar-refractivity contribution >= 4 is 11.7 Å². The smallest absolute Gasteiger partial charge is 0.216 e. The Labute approximate surface area is 194 Å². The molecule has 0 atom stereocenters. The number of ether oxygens (including phenoxy) is 5. The Morgan fingerprint density at radius 1 is 0.656 bits per heavy atom. The van der Waals surface area contributed by atoms with Crippen LogP contribution in [0.3, 0.4) is 0 Å². The van der Waals surface area contributed by atoms with Crippen LogP contribution < -0.4 is 5.32 Å². The topological polar surface area (TPSA) is 95.6 Å². The molecule has 0 bridgehead atoms. The van der Waals surface area contributed by atoms with Crippen molar-refractivity contribution in [1.82, 2.24) is 10.2 Å². The number of ketones is 1. The Morgan fingerprint density at radius 2 is 1.19 bits per heavy atom. The summed E-state index contributed by atoms with van der Waals surface area (Å²) in [5, 5.41) is 2.82. The maximum Gasteiger partial charge on any atom is 0.216 e. The standard InChI is InChI=1S/C23H46N2O7/c1-4-28-16-17-31-20-21-32-19-18-30-15-12-25(10-6-5-9-24-23(3)27)11-14-29-13-7-8-22(2)26/h4-21H2,1-3H3,(H,24,27). The zero-order valence-corrected chi connectivity index (χ0v) is 20.5. The highest BCUT2D eigenvalue weighted by Gasteiger charge is 2.06. The minimum atomic E-state index is 0.00788. The van der Waals surface area contributed by atoms with Crippen LogP contribution in [0.15, 0.2) is 0 Å². The van der Waals surface area contributed by atoms with E-state index in [1.165, 1.54) is 6.92 Å². The van der Waals surface area contributed by atoms with Gasteiger partial charge in [0.2, 0.25) is 5.91 Å². The van der Waals surface area contributed by atoms with Gasteiger partial charge in [0, 0.05) is 46.2 Å². The van der Waals surface area contributed by atoms with E-state index in [0.29, 0.717) is 79.0 Å². The Bertz CT molecular complexity index is 439. The van der Waals surface area contributed by atoms with Gasteiger partial charge in [-0.05, 0) is 39.7 Å². The first-order chi connectivity index (χ1) is 15.6. The van der Waals surface area contributed by atoms with Crippen molar-refractivity contribution < 1.29 is 33.3 Å². The third-order valence-corrected chi connectivity index (χ3v) is 4.52. The van der Waals surface area contributed by atoms with Gasteiger partial charge in [0.15, 0.2) is 0 Å². The fraction of sp³-hybridized carbons (Fsp3) is 0.913. The van der Waals surface area contributed by atoms with Crippen molar-refractivity contribution in [3.8, 4) is 0 Å². The van der Waals surface area contributed by atoms with Crippen LogP contribution in [0.5, 0.6) is 0 Å². The lowest BCUT2D eigenvalue weighted by Gasteiger charge is -2.22. The summed E-state index contributed by atoms with van der Waals surface area (Å²) in [5.41, 5.74) is 0. The van der Waals surface area contributed by atoms with Crippen LogP contribution in [0.25, 0.3) is 0 Å². The van der Waals surface area contributed by atoms with Gasteiger partial charge in [0.1, 0.15) is 5.78 Å². The van der Waals surface area contributed by atoms with Gasteiger partial charge in [-0.25, -0.2) is 0 Å². The van der Waals surface area contributed by atoms with Gasteiger partial charge in [-0.2, -0.15) is 0 Å². The Kier molecular flexibility index (Phi) is 23.7. The van der Waals surface area contributed by atoms with Gasteiger partial charge in [-0.15, -0.1) is 0 Å². The van der Waals surface area contributed by atoms with Gasteiger partial charge in [-0.1, -0.05) is 0 Å². The normalized spacial score (nSPS) is 11.2. The summed E-state index contributed by atoms with van der Waals surface area (Å²) in [5.74, 6) is 0.207. The average Bonchev–Trinajstić information content (AvgIpc) is 2.75. The number of unbranched alkanes of at least 4 members (excludes halogenated alkanes) is 1. The summed E-state index contributed by atoms with van der Waals surface area (Å²) in [7, 11) is 0. The van der Waals surface area contributed by atoms with Crippen molar-refractivity contribution in [2.75, 3.05) is 92.2 Å². The third-order valence-electron chi connectivity index (χ3n) is 4.52. The number of nitrogens with one attached hydrogen (secondary N) is 1. The van der Waals surface area contributed by atoms with E-state index in [9.17, 15) is 9.59 Å². The van der Waals surface area contributed by atoms with E-state index in [1.54, 1.807) is 6.92 Å². The lowest BCUT2D eigenvalue weighted by molar-refractivity contribution is -0.119. The zero-order chi connectivity index (χ0) is 23.7. The van der Waals surface area contributed by atoms with Crippen LogP contribution in [-0.4, -0.2) is 109 Å². The lowest BCUT2D eigenvalue weighted by Crippen LogP contribution is -2.33. The Morgan fingerprint density at radius 3 is 1.72 bits per heavy atom. The minimum Gasteiger partial charge on any atom is -0.380 e. The highest BCUT2D eigenvalue weighted by atomic mass is 16.6. The molecule has 0 aliphatic carbocycles. The van der Waals surface area contributed by atoms with Crippen LogP contribution in [0, 0.1) is 0 Å². The molecular weight excluding hydrogens is 416 g/mol. The fourth-order valence-corrected chi connectivity index (χ4v) is 2.78. The molecule has 0 radical (unpaired) electrons. The summed E-state index contributed by atoms with van der Waals surface area (Å²) in [4.78, 5) is 24.2. The van der Waals surface area contributed by atoms with Gasteiger partial charge >= 0.3 is 0 Å². The van der Waals surface area contributed by atoms with E-state index in [2.05, 4.69) is 10.2 Å². The van der Waals surface area contributed by atoms with Crippen molar-refractivity contribution in [3.63, 3.8) is 0 Å². The molecule has 1 amide bonds. The molecule has 0 fully saturated rings. The molecule has 0 aliphatic heterocycles. The number of nitrogens with zero attached hydrogens (tertiary/aromatic N) is 1. The van der Waals surface area contributed by atoms with E-state index in [-0.39, 0.29) is 11.7 Å². The lowest BCUT2D eigenvalue weighted by atomic mass is 10.2. The molecule has 32 heavy (non-hydrogen) atoms. The van der Waals surface area contributed by atoms with Crippen LogP contribution in [0.1, 0.15) is 46.5 Å². The molecule has 0 saturated heterocycles. The summed E-state index contributed by atoms with van der Waals surface area (Å²) in [6.07, 6.45) is 3.28. The average molecular weight is 463 g/mol. The number of amides is 1. The van der Waals surface area contributed by atoms with Gasteiger partial charge in [-0.3, -0.25) is 9.69 Å². The van der Waals surface area contributed by atoms with Crippen LogP contribution >= 0.6 is 0 Å². The number of carbonyl (C=O) groups is 2.